The van der Waals surface area contributed by atoms with E-state index in [2.05, 4.69) is 15.9 Å². The molecule has 1 aromatic rings. The van der Waals surface area contributed by atoms with Gasteiger partial charge in [-0.25, -0.2) is 0 Å². The Morgan fingerprint density at radius 1 is 1.47 bits per heavy atom. The van der Waals surface area contributed by atoms with Crippen molar-refractivity contribution in [2.75, 3.05) is 6.61 Å². The summed E-state index contributed by atoms with van der Waals surface area (Å²) in [5.74, 6) is 1.77. The van der Waals surface area contributed by atoms with E-state index in [1.54, 1.807) is 0 Å². The van der Waals surface area contributed by atoms with E-state index in [1.165, 1.54) is 19.3 Å². The van der Waals surface area contributed by atoms with Crippen LogP contribution in [0.2, 0.25) is 0 Å². The van der Waals surface area contributed by atoms with Crippen LogP contribution in [0.1, 0.15) is 31.2 Å². The number of nitrogens with one attached hydrogen (secondary N) is 1. The number of rotatable bonds is 5. The van der Waals surface area contributed by atoms with Crippen LogP contribution in [0.3, 0.4) is 0 Å². The second-order valence-electron chi connectivity index (χ2n) is 4.49. The van der Waals surface area contributed by atoms with E-state index >= 15 is 0 Å². The van der Waals surface area contributed by atoms with E-state index in [9.17, 15) is 0 Å². The monoisotopic (exact) mass is 296 g/mol. The van der Waals surface area contributed by atoms with Crippen LogP contribution in [0.25, 0.3) is 0 Å². The summed E-state index contributed by atoms with van der Waals surface area (Å²) < 4.78 is 6.50. The van der Waals surface area contributed by atoms with E-state index in [1.807, 2.05) is 18.2 Å². The highest BCUT2D eigenvalue weighted by Crippen LogP contribution is 2.29. The molecule has 1 aliphatic rings. The largest absolute Gasteiger partial charge is 0.494 e. The Hall–Kier alpha value is -1.03. The number of benzene rings is 1. The molecule has 3 nitrogen and oxygen atoms in total. The molecule has 1 aliphatic carbocycles. The summed E-state index contributed by atoms with van der Waals surface area (Å²) in [5.41, 5.74) is 6.15. The highest BCUT2D eigenvalue weighted by atomic mass is 79.9. The standard InChI is InChI=1S/C13H17BrN2O/c14-12-8-10(4-5-11(12)13(15)16)17-7-6-9-2-1-3-9/h4-5,8-9H,1-3,6-7H2,(H3,15,16). The molecule has 92 valence electrons. The summed E-state index contributed by atoms with van der Waals surface area (Å²) in [6, 6.07) is 5.55. The number of hydrogen-bond donors (Lipinski definition) is 2. The molecule has 0 atom stereocenters. The Kier molecular flexibility index (Phi) is 4.05. The van der Waals surface area contributed by atoms with Crippen LogP contribution >= 0.6 is 15.9 Å². The zero-order valence-corrected chi connectivity index (χ0v) is 11.3. The van der Waals surface area contributed by atoms with E-state index in [0.717, 1.165) is 29.2 Å². The van der Waals surface area contributed by atoms with Crippen molar-refractivity contribution < 1.29 is 4.74 Å². The maximum atomic E-state index is 7.38. The fraction of sp³-hybridized carbons (Fsp3) is 0.462. The number of amidine groups is 1. The average Bonchev–Trinajstić information content (AvgIpc) is 2.21. The Labute approximate surface area is 110 Å². The Balaban J connectivity index is 1.88. The lowest BCUT2D eigenvalue weighted by Crippen LogP contribution is -2.14. The lowest BCUT2D eigenvalue weighted by atomic mass is 9.83. The van der Waals surface area contributed by atoms with Gasteiger partial charge in [0.1, 0.15) is 11.6 Å². The number of hydrogen-bond acceptors (Lipinski definition) is 2. The van der Waals surface area contributed by atoms with Gasteiger partial charge in [0.25, 0.3) is 0 Å². The molecule has 0 heterocycles. The molecule has 0 saturated heterocycles. The predicted octanol–water partition coefficient (Wildman–Crippen LogP) is 3.30. The Morgan fingerprint density at radius 2 is 2.24 bits per heavy atom. The summed E-state index contributed by atoms with van der Waals surface area (Å²) >= 11 is 3.39. The summed E-state index contributed by atoms with van der Waals surface area (Å²) in [7, 11) is 0. The fourth-order valence-electron chi connectivity index (χ4n) is 1.93. The van der Waals surface area contributed by atoms with E-state index in [-0.39, 0.29) is 5.84 Å². The third-order valence-electron chi connectivity index (χ3n) is 3.25. The molecule has 0 bridgehead atoms. The van der Waals surface area contributed by atoms with Crippen LogP contribution < -0.4 is 10.5 Å². The highest BCUT2D eigenvalue weighted by molar-refractivity contribution is 9.10. The van der Waals surface area contributed by atoms with Crippen molar-refractivity contribution >= 4 is 21.8 Å². The minimum absolute atomic E-state index is 0.0675. The number of halogens is 1. The zero-order valence-electron chi connectivity index (χ0n) is 9.71. The fourth-order valence-corrected chi connectivity index (χ4v) is 2.50. The third kappa shape index (κ3) is 3.22. The van der Waals surface area contributed by atoms with Crippen molar-refractivity contribution in [2.45, 2.75) is 25.7 Å². The van der Waals surface area contributed by atoms with Gasteiger partial charge in [0.2, 0.25) is 0 Å². The van der Waals surface area contributed by atoms with Crippen molar-refractivity contribution in [3.8, 4) is 5.75 Å². The van der Waals surface area contributed by atoms with Crippen molar-refractivity contribution in [1.82, 2.24) is 0 Å². The molecule has 17 heavy (non-hydrogen) atoms. The lowest BCUT2D eigenvalue weighted by molar-refractivity contribution is 0.222. The van der Waals surface area contributed by atoms with Crippen LogP contribution in [0.15, 0.2) is 22.7 Å². The normalized spacial score (nSPS) is 15.4. The van der Waals surface area contributed by atoms with Crippen LogP contribution in [0, 0.1) is 11.3 Å². The van der Waals surface area contributed by atoms with Gasteiger partial charge in [-0.3, -0.25) is 5.41 Å². The first-order valence-corrected chi connectivity index (χ1v) is 6.73. The van der Waals surface area contributed by atoms with Gasteiger partial charge in [0.15, 0.2) is 0 Å². The van der Waals surface area contributed by atoms with Crippen LogP contribution in [0.5, 0.6) is 5.75 Å². The molecule has 2 rings (SSSR count). The van der Waals surface area contributed by atoms with Crippen LogP contribution in [-0.2, 0) is 0 Å². The van der Waals surface area contributed by atoms with Crippen LogP contribution in [0.4, 0.5) is 0 Å². The molecule has 1 aromatic carbocycles. The molecule has 4 heteroatoms. The van der Waals surface area contributed by atoms with Gasteiger partial charge < -0.3 is 10.5 Å². The average molecular weight is 297 g/mol. The van der Waals surface area contributed by atoms with Gasteiger partial charge in [-0.05, 0) is 46.5 Å². The van der Waals surface area contributed by atoms with Crippen LogP contribution in [-0.4, -0.2) is 12.4 Å². The molecule has 0 aromatic heterocycles. The first kappa shape index (κ1) is 12.4. The number of nitrogens with two attached hydrogens (primary N) is 1. The second-order valence-corrected chi connectivity index (χ2v) is 5.34. The van der Waals surface area contributed by atoms with Gasteiger partial charge in [-0.15, -0.1) is 0 Å². The molecule has 3 N–H and O–H groups in total. The van der Waals surface area contributed by atoms with E-state index in [0.29, 0.717) is 5.56 Å². The van der Waals surface area contributed by atoms with Gasteiger partial charge in [0, 0.05) is 10.0 Å². The SMILES string of the molecule is N=C(N)c1ccc(OCCC2CCC2)cc1Br. The molecular weight excluding hydrogens is 280 g/mol. The minimum atomic E-state index is 0.0675. The molecule has 0 radical (unpaired) electrons. The maximum Gasteiger partial charge on any atom is 0.123 e. The van der Waals surface area contributed by atoms with Crippen molar-refractivity contribution in [3.05, 3.63) is 28.2 Å². The number of nitrogen functional groups attached to an aromatic ring is 1. The zero-order chi connectivity index (χ0) is 12.3. The second kappa shape index (κ2) is 5.54. The smallest absolute Gasteiger partial charge is 0.123 e. The van der Waals surface area contributed by atoms with Gasteiger partial charge >= 0.3 is 0 Å². The van der Waals surface area contributed by atoms with Crippen molar-refractivity contribution in [2.24, 2.45) is 11.7 Å². The van der Waals surface area contributed by atoms with Gasteiger partial charge in [-0.1, -0.05) is 19.3 Å². The van der Waals surface area contributed by atoms with E-state index < -0.39 is 0 Å². The summed E-state index contributed by atoms with van der Waals surface area (Å²) in [4.78, 5) is 0. The molecule has 0 unspecified atom stereocenters. The Bertz CT molecular complexity index is 416. The minimum Gasteiger partial charge on any atom is -0.494 e. The molecule has 0 amide bonds. The maximum absolute atomic E-state index is 7.38. The molecule has 0 spiro atoms. The quantitative estimate of drug-likeness (QED) is 0.647. The third-order valence-corrected chi connectivity index (χ3v) is 3.91. The molecule has 0 aliphatic heterocycles. The molecular formula is C13H17BrN2O. The van der Waals surface area contributed by atoms with Crippen molar-refractivity contribution in [3.63, 3.8) is 0 Å². The molecule has 1 saturated carbocycles. The lowest BCUT2D eigenvalue weighted by Gasteiger charge is -2.25. The topological polar surface area (TPSA) is 59.1 Å². The predicted molar refractivity (Wildman–Crippen MR) is 72.6 cm³/mol. The first-order chi connectivity index (χ1) is 8.16. The summed E-state index contributed by atoms with van der Waals surface area (Å²) in [6.45, 7) is 0.774. The van der Waals surface area contributed by atoms with Gasteiger partial charge in [-0.2, -0.15) is 0 Å². The van der Waals surface area contributed by atoms with Gasteiger partial charge in [0.05, 0.1) is 6.61 Å². The van der Waals surface area contributed by atoms with E-state index in [4.69, 9.17) is 15.9 Å². The highest BCUT2D eigenvalue weighted by Gasteiger charge is 2.16. The van der Waals surface area contributed by atoms with Crippen molar-refractivity contribution in [1.29, 1.82) is 5.41 Å². The summed E-state index contributed by atoms with van der Waals surface area (Å²) in [6.07, 6.45) is 5.24. The first-order valence-electron chi connectivity index (χ1n) is 5.93. The summed E-state index contributed by atoms with van der Waals surface area (Å²) in [5, 5.41) is 7.38. The molecule has 1 fully saturated rings. The number of ether oxygens (including phenoxy) is 1. The Morgan fingerprint density at radius 3 is 2.76 bits per heavy atom.